The van der Waals surface area contributed by atoms with Gasteiger partial charge in [-0.05, 0) is 61.6 Å². The summed E-state index contributed by atoms with van der Waals surface area (Å²) in [4.78, 5) is 24.9. The Hall–Kier alpha value is -2.18. The molecule has 3 aliphatic rings. The molecule has 2 saturated heterocycles. The molecule has 34 heavy (non-hydrogen) atoms. The van der Waals surface area contributed by atoms with Gasteiger partial charge in [0.1, 0.15) is 30.0 Å². The molecule has 1 N–H and O–H groups in total. The van der Waals surface area contributed by atoms with Crippen LogP contribution in [0.1, 0.15) is 70.9 Å². The molecule has 0 spiro atoms. The molecule has 6 heteroatoms. The SMILES string of the molecule is CCCc1ccc(/C=C/C(=O)O[C@H]2C3C(CC[C@H]3C)[C@@]3(C)O[C@]2(CC)CC3OC(=O)CO)cc1. The van der Waals surface area contributed by atoms with Crippen molar-refractivity contribution >= 4 is 18.0 Å². The largest absolute Gasteiger partial charge is 0.457 e. The average molecular weight is 471 g/mol. The van der Waals surface area contributed by atoms with Gasteiger partial charge in [-0.25, -0.2) is 9.59 Å². The van der Waals surface area contributed by atoms with Crippen molar-refractivity contribution in [2.45, 2.75) is 89.6 Å². The van der Waals surface area contributed by atoms with Crippen LogP contribution < -0.4 is 0 Å². The van der Waals surface area contributed by atoms with Crippen molar-refractivity contribution in [3.8, 4) is 0 Å². The Morgan fingerprint density at radius 1 is 1.18 bits per heavy atom. The molecule has 2 aliphatic heterocycles. The topological polar surface area (TPSA) is 82.1 Å². The third-order valence-corrected chi connectivity index (χ3v) is 8.43. The van der Waals surface area contributed by atoms with Crippen LogP contribution in [0.5, 0.6) is 0 Å². The van der Waals surface area contributed by atoms with E-state index in [-0.39, 0.29) is 17.8 Å². The molecular formula is C28H38O6. The van der Waals surface area contributed by atoms with E-state index in [2.05, 4.69) is 26.0 Å². The highest BCUT2D eigenvalue weighted by Gasteiger charge is 2.70. The maximum atomic E-state index is 13.0. The molecular weight excluding hydrogens is 432 g/mol. The lowest BCUT2D eigenvalue weighted by Gasteiger charge is -2.51. The standard InChI is InChI=1S/C28H38O6/c1-5-7-19-9-11-20(12-10-19)13-15-23(30)33-26-25-18(3)8-14-21(25)27(4)22(32-24(31)17-29)16-28(26,6-2)34-27/h9-13,15,18,21-22,25-26,29H,5-8,14,16-17H2,1-4H3/b15-13+/t18-,21?,22?,25?,26+,27-,28-/m1/s1. The molecule has 2 bridgehead atoms. The van der Waals surface area contributed by atoms with Crippen molar-refractivity contribution in [1.82, 2.24) is 0 Å². The molecule has 0 aromatic heterocycles. The van der Waals surface area contributed by atoms with Crippen molar-refractivity contribution < 1.29 is 28.9 Å². The summed E-state index contributed by atoms with van der Waals surface area (Å²) < 4.78 is 18.5. The normalized spacial score (nSPS) is 36.4. The molecule has 2 heterocycles. The van der Waals surface area contributed by atoms with Crippen LogP contribution in [0.25, 0.3) is 6.08 Å². The molecule has 3 fully saturated rings. The third-order valence-electron chi connectivity index (χ3n) is 8.43. The van der Waals surface area contributed by atoms with Crippen LogP contribution in [-0.2, 0) is 30.2 Å². The number of aliphatic hydroxyl groups excluding tert-OH is 1. The number of hydrogen-bond acceptors (Lipinski definition) is 6. The van der Waals surface area contributed by atoms with E-state index < -0.39 is 36.0 Å². The molecule has 7 atom stereocenters. The number of rotatable bonds is 8. The van der Waals surface area contributed by atoms with Gasteiger partial charge in [0.15, 0.2) is 0 Å². The Labute approximate surface area is 202 Å². The predicted molar refractivity (Wildman–Crippen MR) is 129 cm³/mol. The quantitative estimate of drug-likeness (QED) is 0.446. The van der Waals surface area contributed by atoms with Crippen LogP contribution in [0.4, 0.5) is 0 Å². The smallest absolute Gasteiger partial charge is 0.332 e. The van der Waals surface area contributed by atoms with E-state index in [1.807, 2.05) is 26.0 Å². The van der Waals surface area contributed by atoms with Crippen LogP contribution in [0, 0.1) is 17.8 Å². The van der Waals surface area contributed by atoms with E-state index in [1.165, 1.54) is 11.6 Å². The zero-order chi connectivity index (χ0) is 24.5. The van der Waals surface area contributed by atoms with Gasteiger partial charge in [-0.1, -0.05) is 51.5 Å². The highest BCUT2D eigenvalue weighted by molar-refractivity contribution is 5.87. The maximum Gasteiger partial charge on any atom is 0.332 e. The zero-order valence-corrected chi connectivity index (χ0v) is 20.8. The molecule has 1 aliphatic carbocycles. The van der Waals surface area contributed by atoms with Gasteiger partial charge in [0.2, 0.25) is 0 Å². The van der Waals surface area contributed by atoms with Gasteiger partial charge < -0.3 is 19.3 Å². The van der Waals surface area contributed by atoms with Crippen LogP contribution in [0.15, 0.2) is 30.3 Å². The molecule has 1 saturated carbocycles. The van der Waals surface area contributed by atoms with Crippen molar-refractivity contribution in [3.05, 3.63) is 41.5 Å². The van der Waals surface area contributed by atoms with Crippen LogP contribution in [-0.4, -0.2) is 47.1 Å². The fourth-order valence-electron chi connectivity index (χ4n) is 6.67. The molecule has 186 valence electrons. The van der Waals surface area contributed by atoms with E-state index >= 15 is 0 Å². The number of ether oxygens (including phenoxy) is 3. The second kappa shape index (κ2) is 9.82. The van der Waals surface area contributed by atoms with Crippen molar-refractivity contribution in [3.63, 3.8) is 0 Å². The Morgan fingerprint density at radius 3 is 2.56 bits per heavy atom. The first-order valence-corrected chi connectivity index (χ1v) is 12.7. The van der Waals surface area contributed by atoms with Crippen LogP contribution in [0.3, 0.4) is 0 Å². The minimum absolute atomic E-state index is 0.119. The molecule has 1 aromatic rings. The van der Waals surface area contributed by atoms with E-state index in [0.29, 0.717) is 18.8 Å². The molecule has 1 aromatic carbocycles. The molecule has 0 amide bonds. The van der Waals surface area contributed by atoms with Crippen LogP contribution in [0.2, 0.25) is 0 Å². The zero-order valence-electron chi connectivity index (χ0n) is 20.8. The number of carbonyl (C=O) groups is 2. The number of esters is 2. The Bertz CT molecular complexity index is 923. The summed E-state index contributed by atoms with van der Waals surface area (Å²) in [5, 5.41) is 9.24. The number of aliphatic hydroxyl groups is 1. The summed E-state index contributed by atoms with van der Waals surface area (Å²) in [5.74, 6) is -0.385. The van der Waals surface area contributed by atoms with E-state index in [9.17, 15) is 14.7 Å². The minimum Gasteiger partial charge on any atom is -0.457 e. The van der Waals surface area contributed by atoms with Gasteiger partial charge >= 0.3 is 11.9 Å². The second-order valence-corrected chi connectivity index (χ2v) is 10.5. The van der Waals surface area contributed by atoms with Crippen LogP contribution >= 0.6 is 0 Å². The summed E-state index contributed by atoms with van der Waals surface area (Å²) in [5.41, 5.74) is 0.891. The van der Waals surface area contributed by atoms with Crippen molar-refractivity contribution in [2.75, 3.05) is 6.61 Å². The number of carbonyl (C=O) groups excluding carboxylic acids is 2. The Kier molecular flexibility index (Phi) is 7.20. The number of hydrogen-bond donors (Lipinski definition) is 1. The Morgan fingerprint density at radius 2 is 1.91 bits per heavy atom. The van der Waals surface area contributed by atoms with Gasteiger partial charge in [-0.3, -0.25) is 0 Å². The van der Waals surface area contributed by atoms with E-state index in [0.717, 1.165) is 31.2 Å². The van der Waals surface area contributed by atoms with Gasteiger partial charge in [-0.15, -0.1) is 0 Å². The average Bonchev–Trinajstić information content (AvgIpc) is 3.34. The highest BCUT2D eigenvalue weighted by atomic mass is 16.6. The number of benzene rings is 1. The molecule has 0 radical (unpaired) electrons. The fraction of sp³-hybridized carbons (Fsp3) is 0.643. The lowest BCUT2D eigenvalue weighted by Crippen LogP contribution is -2.60. The van der Waals surface area contributed by atoms with Gasteiger partial charge in [-0.2, -0.15) is 0 Å². The lowest BCUT2D eigenvalue weighted by atomic mass is 9.71. The molecule has 4 rings (SSSR count). The van der Waals surface area contributed by atoms with E-state index in [4.69, 9.17) is 14.2 Å². The summed E-state index contributed by atoms with van der Waals surface area (Å²) >= 11 is 0. The lowest BCUT2D eigenvalue weighted by molar-refractivity contribution is -0.253. The minimum atomic E-state index is -0.708. The summed E-state index contributed by atoms with van der Waals surface area (Å²) in [6, 6.07) is 8.22. The first-order chi connectivity index (χ1) is 16.3. The van der Waals surface area contributed by atoms with Gasteiger partial charge in [0.25, 0.3) is 0 Å². The summed E-state index contributed by atoms with van der Waals surface area (Å²) in [7, 11) is 0. The number of fused-ring (bicyclic) bond motifs is 4. The second-order valence-electron chi connectivity index (χ2n) is 10.5. The molecule has 6 nitrogen and oxygen atoms in total. The maximum absolute atomic E-state index is 13.0. The van der Waals surface area contributed by atoms with Gasteiger partial charge in [0, 0.05) is 18.4 Å². The monoisotopic (exact) mass is 470 g/mol. The predicted octanol–water partition coefficient (Wildman–Crippen LogP) is 4.47. The summed E-state index contributed by atoms with van der Waals surface area (Å²) in [6.45, 7) is 7.77. The molecule has 3 unspecified atom stereocenters. The van der Waals surface area contributed by atoms with E-state index in [1.54, 1.807) is 6.08 Å². The van der Waals surface area contributed by atoms with Crippen molar-refractivity contribution in [1.29, 1.82) is 0 Å². The first kappa shape index (κ1) is 24.9. The van der Waals surface area contributed by atoms with Gasteiger partial charge in [0.05, 0.1) is 0 Å². The van der Waals surface area contributed by atoms with Crippen molar-refractivity contribution in [2.24, 2.45) is 17.8 Å². The fourth-order valence-corrected chi connectivity index (χ4v) is 6.67. The highest BCUT2D eigenvalue weighted by Crippen LogP contribution is 2.62. The Balaban J connectivity index is 1.55. The number of aryl methyl sites for hydroxylation is 1. The third kappa shape index (κ3) is 4.42. The summed E-state index contributed by atoms with van der Waals surface area (Å²) in [6.07, 6.45) is 7.62. The first-order valence-electron chi connectivity index (χ1n) is 12.7.